The zero-order valence-corrected chi connectivity index (χ0v) is 19.0. The molecule has 2 heterocycles. The lowest BCUT2D eigenvalue weighted by Crippen LogP contribution is -2.38. The SMILES string of the molecule is O=C(Nc1ccc(S(=O)(=O)N2CCC(Cc3ccccc3)CC2)cc1)c1cccnc1Cl. The van der Waals surface area contributed by atoms with Gasteiger partial charge in [-0.2, -0.15) is 4.31 Å². The van der Waals surface area contributed by atoms with E-state index >= 15 is 0 Å². The third-order valence-corrected chi connectivity index (χ3v) is 7.91. The second-order valence-electron chi connectivity index (χ2n) is 7.86. The van der Waals surface area contributed by atoms with Crippen LogP contribution in [0.2, 0.25) is 5.15 Å². The molecule has 1 amide bonds. The molecule has 1 aromatic heterocycles. The Kier molecular flexibility index (Phi) is 6.89. The van der Waals surface area contributed by atoms with Gasteiger partial charge in [0.05, 0.1) is 10.5 Å². The Balaban J connectivity index is 1.37. The average molecular weight is 470 g/mol. The van der Waals surface area contributed by atoms with Gasteiger partial charge in [0, 0.05) is 25.0 Å². The summed E-state index contributed by atoms with van der Waals surface area (Å²) in [5, 5.41) is 2.83. The number of aromatic nitrogens is 1. The summed E-state index contributed by atoms with van der Waals surface area (Å²) >= 11 is 5.96. The summed E-state index contributed by atoms with van der Waals surface area (Å²) in [6, 6.07) is 19.7. The van der Waals surface area contributed by atoms with Gasteiger partial charge in [0.1, 0.15) is 5.15 Å². The minimum atomic E-state index is -3.57. The van der Waals surface area contributed by atoms with Gasteiger partial charge in [-0.15, -0.1) is 0 Å². The van der Waals surface area contributed by atoms with Gasteiger partial charge in [0.2, 0.25) is 10.0 Å². The van der Waals surface area contributed by atoms with Crippen LogP contribution in [0.1, 0.15) is 28.8 Å². The molecule has 1 fully saturated rings. The molecule has 6 nitrogen and oxygen atoms in total. The number of rotatable bonds is 6. The quantitative estimate of drug-likeness (QED) is 0.534. The maximum Gasteiger partial charge on any atom is 0.258 e. The molecule has 4 rings (SSSR count). The summed E-state index contributed by atoms with van der Waals surface area (Å²) in [4.78, 5) is 16.5. The van der Waals surface area contributed by atoms with Crippen molar-refractivity contribution in [3.05, 3.63) is 89.2 Å². The monoisotopic (exact) mass is 469 g/mol. The highest BCUT2D eigenvalue weighted by Gasteiger charge is 2.29. The number of hydrogen-bond donors (Lipinski definition) is 1. The first kappa shape index (κ1) is 22.5. The van der Waals surface area contributed by atoms with Gasteiger partial charge >= 0.3 is 0 Å². The number of anilines is 1. The van der Waals surface area contributed by atoms with Crippen molar-refractivity contribution in [2.75, 3.05) is 18.4 Å². The fourth-order valence-corrected chi connectivity index (χ4v) is 5.59. The summed E-state index contributed by atoms with van der Waals surface area (Å²) < 4.78 is 27.7. The lowest BCUT2D eigenvalue weighted by atomic mass is 9.91. The molecule has 0 bridgehead atoms. The standard InChI is InChI=1S/C24H24ClN3O3S/c25-23-22(7-4-14-26-23)24(29)27-20-8-10-21(11-9-20)32(30,31)28-15-12-19(13-16-28)17-18-5-2-1-3-6-18/h1-11,14,19H,12-13,15-17H2,(H,27,29). The molecule has 1 aliphatic heterocycles. The first-order valence-electron chi connectivity index (χ1n) is 10.5. The minimum absolute atomic E-state index is 0.111. The molecule has 0 atom stereocenters. The number of nitrogens with one attached hydrogen (secondary N) is 1. The summed E-state index contributed by atoms with van der Waals surface area (Å²) in [5.74, 6) is 0.0833. The van der Waals surface area contributed by atoms with Crippen LogP contribution in [-0.2, 0) is 16.4 Å². The second kappa shape index (κ2) is 9.81. The van der Waals surface area contributed by atoms with Gasteiger partial charge in [-0.05, 0) is 67.1 Å². The van der Waals surface area contributed by atoms with Crippen LogP contribution in [0.5, 0.6) is 0 Å². The highest BCUT2D eigenvalue weighted by Crippen LogP contribution is 2.27. The Morgan fingerprint density at radius 3 is 2.34 bits per heavy atom. The van der Waals surface area contributed by atoms with Crippen molar-refractivity contribution in [3.8, 4) is 0 Å². The van der Waals surface area contributed by atoms with Gasteiger partial charge in [0.15, 0.2) is 0 Å². The molecule has 0 unspecified atom stereocenters. The summed E-state index contributed by atoms with van der Waals surface area (Å²) in [6.07, 6.45) is 4.16. The molecular weight excluding hydrogens is 446 g/mol. The fraction of sp³-hybridized carbons (Fsp3) is 0.250. The summed E-state index contributed by atoms with van der Waals surface area (Å²) in [7, 11) is -3.57. The number of benzene rings is 2. The van der Waals surface area contributed by atoms with E-state index in [0.717, 1.165) is 19.3 Å². The number of pyridine rings is 1. The number of nitrogens with zero attached hydrogens (tertiary/aromatic N) is 2. The Bertz CT molecular complexity index is 1180. The Labute approximate surface area is 193 Å². The normalized spacial score (nSPS) is 15.4. The van der Waals surface area contributed by atoms with E-state index in [-0.39, 0.29) is 15.6 Å². The fourth-order valence-electron chi connectivity index (χ4n) is 3.91. The molecule has 166 valence electrons. The third kappa shape index (κ3) is 5.18. The van der Waals surface area contributed by atoms with Crippen LogP contribution in [0.4, 0.5) is 5.69 Å². The van der Waals surface area contributed by atoms with Crippen molar-refractivity contribution in [3.63, 3.8) is 0 Å². The van der Waals surface area contributed by atoms with Crippen molar-refractivity contribution in [1.82, 2.24) is 9.29 Å². The predicted molar refractivity (Wildman–Crippen MR) is 125 cm³/mol. The van der Waals surface area contributed by atoms with E-state index in [1.807, 2.05) is 18.2 Å². The number of carbonyl (C=O) groups excluding carboxylic acids is 1. The third-order valence-electron chi connectivity index (χ3n) is 5.69. The molecule has 0 aliphatic carbocycles. The van der Waals surface area contributed by atoms with E-state index in [4.69, 9.17) is 11.6 Å². The van der Waals surface area contributed by atoms with Crippen LogP contribution in [-0.4, -0.2) is 36.7 Å². The first-order chi connectivity index (χ1) is 15.4. The lowest BCUT2D eigenvalue weighted by molar-refractivity contribution is 0.102. The maximum atomic E-state index is 13.1. The van der Waals surface area contributed by atoms with Gasteiger partial charge in [-0.1, -0.05) is 41.9 Å². The minimum Gasteiger partial charge on any atom is -0.322 e. The molecule has 1 N–H and O–H groups in total. The number of carbonyl (C=O) groups is 1. The van der Waals surface area contributed by atoms with Gasteiger partial charge in [-0.3, -0.25) is 4.79 Å². The molecule has 8 heteroatoms. The number of amides is 1. The first-order valence-corrected chi connectivity index (χ1v) is 12.3. The molecule has 32 heavy (non-hydrogen) atoms. The van der Waals surface area contributed by atoms with E-state index in [9.17, 15) is 13.2 Å². The van der Waals surface area contributed by atoms with Crippen molar-refractivity contribution >= 4 is 33.2 Å². The number of sulfonamides is 1. The summed E-state index contributed by atoms with van der Waals surface area (Å²) in [5.41, 5.74) is 2.03. The Hall–Kier alpha value is -2.74. The van der Waals surface area contributed by atoms with Crippen molar-refractivity contribution < 1.29 is 13.2 Å². The van der Waals surface area contributed by atoms with Crippen molar-refractivity contribution in [2.24, 2.45) is 5.92 Å². The molecule has 0 saturated carbocycles. The predicted octanol–water partition coefficient (Wildman–Crippen LogP) is 4.63. The molecule has 1 saturated heterocycles. The van der Waals surface area contributed by atoms with E-state index in [2.05, 4.69) is 22.4 Å². The van der Waals surface area contributed by atoms with Crippen LogP contribution in [0.15, 0.2) is 77.8 Å². The van der Waals surface area contributed by atoms with E-state index in [1.165, 1.54) is 23.9 Å². The van der Waals surface area contributed by atoms with E-state index in [1.54, 1.807) is 28.6 Å². The second-order valence-corrected chi connectivity index (χ2v) is 10.2. The average Bonchev–Trinajstić information content (AvgIpc) is 2.81. The van der Waals surface area contributed by atoms with Crippen LogP contribution < -0.4 is 5.32 Å². The zero-order chi connectivity index (χ0) is 22.6. The topological polar surface area (TPSA) is 79.4 Å². The highest BCUT2D eigenvalue weighted by molar-refractivity contribution is 7.89. The molecular formula is C24H24ClN3O3S. The van der Waals surface area contributed by atoms with Crippen LogP contribution in [0, 0.1) is 5.92 Å². The smallest absolute Gasteiger partial charge is 0.258 e. The number of halogens is 1. The van der Waals surface area contributed by atoms with Gasteiger partial charge in [-0.25, -0.2) is 13.4 Å². The van der Waals surface area contributed by atoms with Crippen molar-refractivity contribution in [2.45, 2.75) is 24.2 Å². The molecule has 3 aromatic rings. The number of piperidine rings is 1. The molecule has 0 radical (unpaired) electrons. The Morgan fingerprint density at radius 1 is 1.00 bits per heavy atom. The highest BCUT2D eigenvalue weighted by atomic mass is 35.5. The largest absolute Gasteiger partial charge is 0.322 e. The van der Waals surface area contributed by atoms with Crippen LogP contribution in [0.3, 0.4) is 0 Å². The molecule has 1 aliphatic rings. The lowest BCUT2D eigenvalue weighted by Gasteiger charge is -2.31. The van der Waals surface area contributed by atoms with E-state index < -0.39 is 15.9 Å². The Morgan fingerprint density at radius 2 is 1.69 bits per heavy atom. The molecule has 2 aromatic carbocycles. The molecule has 0 spiro atoms. The van der Waals surface area contributed by atoms with Gasteiger partial charge < -0.3 is 5.32 Å². The van der Waals surface area contributed by atoms with Gasteiger partial charge in [0.25, 0.3) is 5.91 Å². The van der Waals surface area contributed by atoms with Crippen molar-refractivity contribution in [1.29, 1.82) is 0 Å². The number of hydrogen-bond acceptors (Lipinski definition) is 4. The zero-order valence-electron chi connectivity index (χ0n) is 17.4. The van der Waals surface area contributed by atoms with Crippen LogP contribution in [0.25, 0.3) is 0 Å². The van der Waals surface area contributed by atoms with E-state index in [0.29, 0.717) is 24.7 Å². The van der Waals surface area contributed by atoms with Crippen LogP contribution >= 0.6 is 11.6 Å². The maximum absolute atomic E-state index is 13.1. The summed E-state index contributed by atoms with van der Waals surface area (Å²) in [6.45, 7) is 1.02.